The molecule has 106 valence electrons. The normalized spacial score (nSPS) is 10.8. The van der Waals surface area contributed by atoms with E-state index in [2.05, 4.69) is 5.10 Å². The minimum atomic E-state index is -1.27. The summed E-state index contributed by atoms with van der Waals surface area (Å²) in [4.78, 5) is 10.9. The number of rotatable bonds is 5. The number of halogens is 1. The molecule has 0 radical (unpaired) electrons. The Labute approximate surface area is 115 Å². The van der Waals surface area contributed by atoms with Gasteiger partial charge in [-0.2, -0.15) is 5.10 Å². The second kappa shape index (κ2) is 5.83. The third-order valence-electron chi connectivity index (χ3n) is 3.01. The number of aryl methyl sites for hydroxylation is 1. The van der Waals surface area contributed by atoms with Gasteiger partial charge in [0.15, 0.2) is 0 Å². The van der Waals surface area contributed by atoms with E-state index in [9.17, 15) is 9.18 Å². The molecule has 1 heterocycles. The van der Waals surface area contributed by atoms with Crippen LogP contribution in [-0.4, -0.2) is 34.6 Å². The molecule has 2 aromatic rings. The Morgan fingerprint density at radius 3 is 2.90 bits per heavy atom. The number of methoxy groups -OCH3 is 1. The number of carbonyl (C=O) groups is 1. The lowest BCUT2D eigenvalue weighted by Crippen LogP contribution is -2.04. The standard InChI is InChI=1S/C14H15FN2O3/c1-9-5-12(14(18)19)13(15)6-11(9)10-7-16-17(8-10)3-4-20-2/h5-8H,3-4H2,1-2H3,(H,18,19). The Morgan fingerprint density at radius 1 is 1.50 bits per heavy atom. The summed E-state index contributed by atoms with van der Waals surface area (Å²) in [6.07, 6.45) is 3.40. The second-order valence-corrected chi connectivity index (χ2v) is 4.44. The monoisotopic (exact) mass is 278 g/mol. The molecule has 0 fully saturated rings. The van der Waals surface area contributed by atoms with Crippen molar-refractivity contribution in [2.24, 2.45) is 0 Å². The molecule has 5 nitrogen and oxygen atoms in total. The molecule has 1 aromatic carbocycles. The van der Waals surface area contributed by atoms with Crippen molar-refractivity contribution in [2.45, 2.75) is 13.5 Å². The van der Waals surface area contributed by atoms with Gasteiger partial charge in [-0.3, -0.25) is 4.68 Å². The molecule has 0 atom stereocenters. The summed E-state index contributed by atoms with van der Waals surface area (Å²) >= 11 is 0. The van der Waals surface area contributed by atoms with Gasteiger partial charge in [0.2, 0.25) is 0 Å². The van der Waals surface area contributed by atoms with E-state index in [4.69, 9.17) is 9.84 Å². The fourth-order valence-corrected chi connectivity index (χ4v) is 1.97. The molecule has 6 heteroatoms. The summed E-state index contributed by atoms with van der Waals surface area (Å²) in [5.41, 5.74) is 1.75. The van der Waals surface area contributed by atoms with E-state index in [0.717, 1.165) is 5.56 Å². The van der Waals surface area contributed by atoms with E-state index in [-0.39, 0.29) is 5.56 Å². The Morgan fingerprint density at radius 2 is 2.25 bits per heavy atom. The minimum absolute atomic E-state index is 0.321. The summed E-state index contributed by atoms with van der Waals surface area (Å²) in [6, 6.07) is 2.57. The highest BCUT2D eigenvalue weighted by molar-refractivity contribution is 5.89. The molecule has 1 aromatic heterocycles. The molecule has 0 saturated carbocycles. The minimum Gasteiger partial charge on any atom is -0.478 e. The number of aromatic carboxylic acids is 1. The Kier molecular flexibility index (Phi) is 4.14. The maximum atomic E-state index is 13.7. The van der Waals surface area contributed by atoms with E-state index in [1.807, 2.05) is 0 Å². The van der Waals surface area contributed by atoms with Gasteiger partial charge in [-0.25, -0.2) is 9.18 Å². The number of carboxylic acids is 1. The van der Waals surface area contributed by atoms with Gasteiger partial charge in [0.25, 0.3) is 0 Å². The van der Waals surface area contributed by atoms with Crippen LogP contribution in [0.15, 0.2) is 24.5 Å². The van der Waals surface area contributed by atoms with Gasteiger partial charge in [0, 0.05) is 18.9 Å². The number of carboxylic acid groups (broad SMARTS) is 1. The van der Waals surface area contributed by atoms with Gasteiger partial charge in [-0.1, -0.05) is 0 Å². The summed E-state index contributed by atoms with van der Waals surface area (Å²) < 4.78 is 20.4. The SMILES string of the molecule is COCCn1cc(-c2cc(F)c(C(=O)O)cc2C)cn1. The van der Waals surface area contributed by atoms with Crippen LogP contribution in [0.5, 0.6) is 0 Å². The molecule has 2 rings (SSSR count). The van der Waals surface area contributed by atoms with Crippen LogP contribution in [0.3, 0.4) is 0 Å². The highest BCUT2D eigenvalue weighted by Crippen LogP contribution is 2.26. The van der Waals surface area contributed by atoms with Crippen molar-refractivity contribution in [3.05, 3.63) is 41.5 Å². The Balaban J connectivity index is 2.35. The summed E-state index contributed by atoms with van der Waals surface area (Å²) in [5, 5.41) is 13.0. The summed E-state index contributed by atoms with van der Waals surface area (Å²) in [6.45, 7) is 2.88. The summed E-state index contributed by atoms with van der Waals surface area (Å²) in [7, 11) is 1.61. The molecule has 0 amide bonds. The van der Waals surface area contributed by atoms with Crippen LogP contribution in [0.2, 0.25) is 0 Å². The molecule has 0 aliphatic carbocycles. The number of aromatic nitrogens is 2. The molecule has 0 aliphatic heterocycles. The number of nitrogens with zero attached hydrogens (tertiary/aromatic N) is 2. The average molecular weight is 278 g/mol. The van der Waals surface area contributed by atoms with Crippen LogP contribution in [-0.2, 0) is 11.3 Å². The second-order valence-electron chi connectivity index (χ2n) is 4.44. The van der Waals surface area contributed by atoms with Gasteiger partial charge < -0.3 is 9.84 Å². The van der Waals surface area contributed by atoms with E-state index >= 15 is 0 Å². The fourth-order valence-electron chi connectivity index (χ4n) is 1.97. The maximum absolute atomic E-state index is 13.7. The van der Waals surface area contributed by atoms with E-state index in [1.165, 1.54) is 12.1 Å². The highest BCUT2D eigenvalue weighted by Gasteiger charge is 2.14. The van der Waals surface area contributed by atoms with Gasteiger partial charge in [0.05, 0.1) is 24.9 Å². The van der Waals surface area contributed by atoms with Crippen LogP contribution >= 0.6 is 0 Å². The van der Waals surface area contributed by atoms with Gasteiger partial charge in [0.1, 0.15) is 5.82 Å². The predicted octanol–water partition coefficient (Wildman–Crippen LogP) is 2.34. The average Bonchev–Trinajstić information content (AvgIpc) is 2.86. The molecule has 20 heavy (non-hydrogen) atoms. The first-order valence-corrected chi connectivity index (χ1v) is 6.08. The largest absolute Gasteiger partial charge is 0.478 e. The number of hydrogen-bond donors (Lipinski definition) is 1. The van der Waals surface area contributed by atoms with Crippen molar-refractivity contribution >= 4 is 5.97 Å². The Bertz CT molecular complexity index is 637. The van der Waals surface area contributed by atoms with E-state index in [1.54, 1.807) is 31.1 Å². The molecule has 0 aliphatic rings. The van der Waals surface area contributed by atoms with Gasteiger partial charge in [-0.15, -0.1) is 0 Å². The molecule has 0 unspecified atom stereocenters. The summed E-state index contributed by atoms with van der Waals surface area (Å²) in [5.74, 6) is -2.02. The zero-order valence-electron chi connectivity index (χ0n) is 11.3. The van der Waals surface area contributed by atoms with Crippen molar-refractivity contribution < 1.29 is 19.0 Å². The lowest BCUT2D eigenvalue weighted by molar-refractivity contribution is 0.0692. The zero-order valence-corrected chi connectivity index (χ0v) is 11.3. The number of ether oxygens (including phenoxy) is 1. The Hall–Kier alpha value is -2.21. The molecule has 1 N–H and O–H groups in total. The van der Waals surface area contributed by atoms with E-state index in [0.29, 0.717) is 24.3 Å². The first-order chi connectivity index (χ1) is 9.52. The van der Waals surface area contributed by atoms with Gasteiger partial charge >= 0.3 is 5.97 Å². The topological polar surface area (TPSA) is 64.3 Å². The molecular formula is C14H15FN2O3. The first kappa shape index (κ1) is 14.2. The van der Waals surface area contributed by atoms with E-state index < -0.39 is 11.8 Å². The van der Waals surface area contributed by atoms with Crippen LogP contribution in [0.25, 0.3) is 11.1 Å². The van der Waals surface area contributed by atoms with Crippen molar-refractivity contribution in [1.82, 2.24) is 9.78 Å². The highest BCUT2D eigenvalue weighted by atomic mass is 19.1. The van der Waals surface area contributed by atoms with Crippen molar-refractivity contribution in [3.8, 4) is 11.1 Å². The van der Waals surface area contributed by atoms with Crippen LogP contribution in [0.1, 0.15) is 15.9 Å². The third-order valence-corrected chi connectivity index (χ3v) is 3.01. The smallest absolute Gasteiger partial charge is 0.338 e. The van der Waals surface area contributed by atoms with Crippen molar-refractivity contribution in [2.75, 3.05) is 13.7 Å². The number of hydrogen-bond acceptors (Lipinski definition) is 3. The third kappa shape index (κ3) is 2.85. The quantitative estimate of drug-likeness (QED) is 0.911. The molecular weight excluding hydrogens is 263 g/mol. The van der Waals surface area contributed by atoms with Crippen molar-refractivity contribution in [3.63, 3.8) is 0 Å². The molecule has 0 spiro atoms. The molecule has 0 bridgehead atoms. The maximum Gasteiger partial charge on any atom is 0.338 e. The lowest BCUT2D eigenvalue weighted by atomic mass is 10.0. The zero-order chi connectivity index (χ0) is 14.7. The lowest BCUT2D eigenvalue weighted by Gasteiger charge is -2.06. The predicted molar refractivity (Wildman–Crippen MR) is 71.2 cm³/mol. The number of benzene rings is 1. The van der Waals surface area contributed by atoms with Crippen molar-refractivity contribution in [1.29, 1.82) is 0 Å². The fraction of sp³-hybridized carbons (Fsp3) is 0.286. The van der Waals surface area contributed by atoms with Crippen LogP contribution in [0, 0.1) is 12.7 Å². The van der Waals surface area contributed by atoms with Crippen LogP contribution in [0.4, 0.5) is 4.39 Å². The first-order valence-electron chi connectivity index (χ1n) is 6.08. The van der Waals surface area contributed by atoms with Gasteiger partial charge in [-0.05, 0) is 30.2 Å². The molecule has 0 saturated heterocycles. The van der Waals surface area contributed by atoms with Crippen LogP contribution < -0.4 is 0 Å².